The zero-order valence-electron chi connectivity index (χ0n) is 57.3. The van der Waals surface area contributed by atoms with Crippen LogP contribution >= 0.6 is 7.82 Å². The van der Waals surface area contributed by atoms with Gasteiger partial charge in [0, 0.05) is 12.8 Å². The largest absolute Gasteiger partial charge is 0.756 e. The number of quaternary nitrogens is 1. The molecule has 2 atom stereocenters. The molecule has 0 rings (SSSR count). The SMILES string of the molecule is CCCCCCC/C=C\C/C=C\C/C=C\CCCCCCCCCCCCCCC(=O)OC(COC(=O)CCCCCCCCCCCCCCCCCCCCCCCCCCCCCCCCCCCC)COP(=O)([O-])OCC[N+](C)(C)C. The van der Waals surface area contributed by atoms with E-state index in [1.807, 2.05) is 21.1 Å². The quantitative estimate of drug-likeness (QED) is 0.0195. The molecule has 0 bridgehead atoms. The van der Waals surface area contributed by atoms with E-state index in [-0.39, 0.29) is 32.0 Å². The molecule has 0 saturated carbocycles. The molecule has 502 valence electrons. The summed E-state index contributed by atoms with van der Waals surface area (Å²) in [6.07, 6.45) is 85.3. The number of carbonyl (C=O) groups is 2. The summed E-state index contributed by atoms with van der Waals surface area (Å²) < 4.78 is 34.4. The molecule has 0 aromatic rings. The maximum Gasteiger partial charge on any atom is 0.306 e. The number of unbranched alkanes of at least 4 members (excludes halogenated alkanes) is 50. The van der Waals surface area contributed by atoms with E-state index in [9.17, 15) is 19.0 Å². The van der Waals surface area contributed by atoms with Crippen LogP contribution in [0.15, 0.2) is 36.5 Å². The van der Waals surface area contributed by atoms with E-state index in [1.165, 1.54) is 295 Å². The Labute approximate surface area is 529 Å². The van der Waals surface area contributed by atoms with Gasteiger partial charge in [-0.05, 0) is 51.4 Å². The molecular formula is C75H144NO8P. The zero-order valence-corrected chi connectivity index (χ0v) is 58.2. The summed E-state index contributed by atoms with van der Waals surface area (Å²) in [5, 5.41) is 0. The van der Waals surface area contributed by atoms with Crippen molar-refractivity contribution in [2.24, 2.45) is 0 Å². The van der Waals surface area contributed by atoms with Gasteiger partial charge < -0.3 is 27.9 Å². The van der Waals surface area contributed by atoms with E-state index >= 15 is 0 Å². The average Bonchev–Trinajstić information content (AvgIpc) is 3.52. The topological polar surface area (TPSA) is 111 Å². The van der Waals surface area contributed by atoms with E-state index in [2.05, 4.69) is 50.3 Å². The third-order valence-corrected chi connectivity index (χ3v) is 17.9. The zero-order chi connectivity index (χ0) is 61.9. The lowest BCUT2D eigenvalue weighted by Gasteiger charge is -2.28. The maximum absolute atomic E-state index is 12.9. The highest BCUT2D eigenvalue weighted by Crippen LogP contribution is 2.38. The standard InChI is InChI=1S/C75H144NO8P/c1-6-8-10-12-14-16-18-20-22-24-26-28-30-32-34-35-36-37-38-39-40-42-43-45-47-49-51-53-55-57-59-61-63-65-67-74(77)81-71-73(72-83-85(79,80)82-70-69-76(3,4)5)84-75(78)68-66-64-62-60-58-56-54-52-50-48-46-44-41-33-31-29-27-25-23-21-19-17-15-13-11-9-7-2/h19,21,25,27,31,33,73H,6-18,20,22-24,26,28-30,32,34-72H2,1-5H3/b21-19-,27-25-,33-31-. The van der Waals surface area contributed by atoms with Gasteiger partial charge >= 0.3 is 11.9 Å². The minimum atomic E-state index is -4.64. The number of allylic oxidation sites excluding steroid dienone is 6. The first-order valence-electron chi connectivity index (χ1n) is 37.2. The number of rotatable bonds is 70. The molecule has 0 aliphatic rings. The molecule has 0 saturated heterocycles. The van der Waals surface area contributed by atoms with Crippen molar-refractivity contribution in [1.82, 2.24) is 0 Å². The number of carbonyl (C=O) groups excluding carboxylic acids is 2. The molecule has 10 heteroatoms. The summed E-state index contributed by atoms with van der Waals surface area (Å²) in [6, 6.07) is 0. The Kier molecular flexibility index (Phi) is 65.3. The number of hydrogen-bond acceptors (Lipinski definition) is 8. The predicted molar refractivity (Wildman–Crippen MR) is 365 cm³/mol. The summed E-state index contributed by atoms with van der Waals surface area (Å²) in [5.41, 5.74) is 0. The average molecular weight is 1220 g/mol. The third kappa shape index (κ3) is 71.2. The fourth-order valence-corrected chi connectivity index (χ4v) is 11.9. The highest BCUT2D eigenvalue weighted by molar-refractivity contribution is 7.45. The second kappa shape index (κ2) is 66.6. The molecular weight excluding hydrogens is 1070 g/mol. The Morgan fingerprint density at radius 3 is 0.941 bits per heavy atom. The fraction of sp³-hybridized carbons (Fsp3) is 0.893. The molecule has 0 aliphatic carbocycles. The van der Waals surface area contributed by atoms with Gasteiger partial charge in [-0.2, -0.15) is 0 Å². The number of esters is 2. The van der Waals surface area contributed by atoms with Gasteiger partial charge in [0.05, 0.1) is 27.7 Å². The van der Waals surface area contributed by atoms with Crippen LogP contribution in [0.3, 0.4) is 0 Å². The van der Waals surface area contributed by atoms with E-state index in [0.29, 0.717) is 17.4 Å². The summed E-state index contributed by atoms with van der Waals surface area (Å²) in [6.45, 7) is 4.30. The van der Waals surface area contributed by atoms with Crippen LogP contribution in [0.5, 0.6) is 0 Å². The lowest BCUT2D eigenvalue weighted by molar-refractivity contribution is -0.870. The fourth-order valence-electron chi connectivity index (χ4n) is 11.2. The third-order valence-electron chi connectivity index (χ3n) is 16.9. The van der Waals surface area contributed by atoms with Gasteiger partial charge in [-0.1, -0.05) is 352 Å². The van der Waals surface area contributed by atoms with Gasteiger partial charge in [-0.15, -0.1) is 0 Å². The Bertz CT molecular complexity index is 1530. The highest BCUT2D eigenvalue weighted by Gasteiger charge is 2.22. The predicted octanol–water partition coefficient (Wildman–Crippen LogP) is 23.6. The van der Waals surface area contributed by atoms with Crippen molar-refractivity contribution in [3.63, 3.8) is 0 Å². The summed E-state index contributed by atoms with van der Waals surface area (Å²) in [4.78, 5) is 38.1. The molecule has 0 aliphatic heterocycles. The number of phosphoric acid groups is 1. The molecule has 2 unspecified atom stereocenters. The minimum absolute atomic E-state index is 0.0291. The van der Waals surface area contributed by atoms with Gasteiger partial charge in [-0.25, -0.2) is 0 Å². The molecule has 0 fully saturated rings. The van der Waals surface area contributed by atoms with E-state index in [0.717, 1.165) is 51.4 Å². The first-order chi connectivity index (χ1) is 41.5. The van der Waals surface area contributed by atoms with Gasteiger partial charge in [0.15, 0.2) is 6.10 Å². The molecule has 0 aromatic carbocycles. The van der Waals surface area contributed by atoms with E-state index in [1.54, 1.807) is 0 Å². The van der Waals surface area contributed by atoms with Gasteiger partial charge in [0.2, 0.25) is 0 Å². The van der Waals surface area contributed by atoms with Crippen LogP contribution in [0.25, 0.3) is 0 Å². The van der Waals surface area contributed by atoms with Gasteiger partial charge in [-0.3, -0.25) is 14.2 Å². The first kappa shape index (κ1) is 83.2. The van der Waals surface area contributed by atoms with Crippen molar-refractivity contribution < 1.29 is 42.1 Å². The van der Waals surface area contributed by atoms with Crippen LogP contribution < -0.4 is 4.89 Å². The minimum Gasteiger partial charge on any atom is -0.756 e. The monoisotopic (exact) mass is 1220 g/mol. The number of likely N-dealkylation sites (N-methyl/N-ethyl adjacent to an activating group) is 1. The number of ether oxygens (including phenoxy) is 2. The Morgan fingerprint density at radius 2 is 0.635 bits per heavy atom. The Hall–Kier alpha value is -1.77. The van der Waals surface area contributed by atoms with Crippen LogP contribution in [0, 0.1) is 0 Å². The molecule has 85 heavy (non-hydrogen) atoms. The van der Waals surface area contributed by atoms with Crippen LogP contribution in [0.2, 0.25) is 0 Å². The maximum atomic E-state index is 12.9. The lowest BCUT2D eigenvalue weighted by Crippen LogP contribution is -2.37. The van der Waals surface area contributed by atoms with Crippen molar-refractivity contribution in [2.75, 3.05) is 47.5 Å². The van der Waals surface area contributed by atoms with Crippen molar-refractivity contribution in [3.8, 4) is 0 Å². The molecule has 0 radical (unpaired) electrons. The van der Waals surface area contributed by atoms with Crippen LogP contribution in [0.1, 0.15) is 380 Å². The van der Waals surface area contributed by atoms with E-state index < -0.39 is 26.5 Å². The second-order valence-corrected chi connectivity index (χ2v) is 28.1. The first-order valence-corrected chi connectivity index (χ1v) is 38.7. The van der Waals surface area contributed by atoms with Crippen molar-refractivity contribution in [3.05, 3.63) is 36.5 Å². The van der Waals surface area contributed by atoms with Crippen molar-refractivity contribution >= 4 is 19.8 Å². The lowest BCUT2D eigenvalue weighted by atomic mass is 10.0. The molecule has 0 spiro atoms. The summed E-state index contributed by atoms with van der Waals surface area (Å²) in [7, 11) is 1.18. The molecule has 9 nitrogen and oxygen atoms in total. The molecule has 0 N–H and O–H groups in total. The van der Waals surface area contributed by atoms with Crippen molar-refractivity contribution in [2.45, 2.75) is 386 Å². The second-order valence-electron chi connectivity index (χ2n) is 26.7. The van der Waals surface area contributed by atoms with Gasteiger partial charge in [0.25, 0.3) is 7.82 Å². The van der Waals surface area contributed by atoms with E-state index in [4.69, 9.17) is 18.5 Å². The van der Waals surface area contributed by atoms with Crippen LogP contribution in [0.4, 0.5) is 0 Å². The van der Waals surface area contributed by atoms with Crippen LogP contribution in [-0.2, 0) is 32.7 Å². The molecule has 0 amide bonds. The summed E-state index contributed by atoms with van der Waals surface area (Å²) >= 11 is 0. The Morgan fingerprint density at radius 1 is 0.365 bits per heavy atom. The number of nitrogens with zero attached hydrogens (tertiary/aromatic N) is 1. The number of phosphoric ester groups is 1. The van der Waals surface area contributed by atoms with Crippen LogP contribution in [-0.4, -0.2) is 70.0 Å². The normalized spacial score (nSPS) is 13.2. The molecule has 0 aromatic heterocycles. The Balaban J connectivity index is 3.95. The smallest absolute Gasteiger partial charge is 0.306 e. The van der Waals surface area contributed by atoms with Gasteiger partial charge in [0.1, 0.15) is 19.8 Å². The highest BCUT2D eigenvalue weighted by atomic mass is 31.2. The van der Waals surface area contributed by atoms with Crippen molar-refractivity contribution in [1.29, 1.82) is 0 Å². The summed E-state index contributed by atoms with van der Waals surface area (Å²) in [5.74, 6) is -0.815. The number of hydrogen-bond donors (Lipinski definition) is 0. The molecule has 0 heterocycles.